The second-order valence-corrected chi connectivity index (χ2v) is 9.98. The number of aliphatic carboxylic acids is 1. The summed E-state index contributed by atoms with van der Waals surface area (Å²) in [5.74, 6) is -1.96. The third kappa shape index (κ3) is 18.7. The van der Waals surface area contributed by atoms with Crippen molar-refractivity contribution in [2.24, 2.45) is 5.73 Å². The molecule has 0 saturated carbocycles. The van der Waals surface area contributed by atoms with E-state index in [2.05, 4.69) is 10.6 Å². The highest BCUT2D eigenvalue weighted by atomic mass is 16.6. The van der Waals surface area contributed by atoms with Crippen LogP contribution in [0.4, 0.5) is 0 Å². The van der Waals surface area contributed by atoms with Crippen LogP contribution < -0.4 is 21.1 Å². The van der Waals surface area contributed by atoms with Crippen LogP contribution in [0.3, 0.4) is 0 Å². The molecule has 0 radical (unpaired) electrons. The molecule has 5 N–H and O–H groups in total. The van der Waals surface area contributed by atoms with Gasteiger partial charge in [0.15, 0.2) is 0 Å². The van der Waals surface area contributed by atoms with Crippen molar-refractivity contribution in [1.29, 1.82) is 0 Å². The molecule has 0 aliphatic heterocycles. The summed E-state index contributed by atoms with van der Waals surface area (Å²) in [6.45, 7) is 7.48. The van der Waals surface area contributed by atoms with E-state index in [1.54, 1.807) is 45.0 Å². The van der Waals surface area contributed by atoms with Crippen LogP contribution in [-0.2, 0) is 33.3 Å². The van der Waals surface area contributed by atoms with Crippen molar-refractivity contribution in [3.05, 3.63) is 29.8 Å². The van der Waals surface area contributed by atoms with Crippen molar-refractivity contribution in [2.45, 2.75) is 58.1 Å². The summed E-state index contributed by atoms with van der Waals surface area (Å²) in [6.07, 6.45) is 1.69. The molecule has 0 heterocycles. The highest BCUT2D eigenvalue weighted by molar-refractivity contribution is 5.97. The molecule has 0 aliphatic carbocycles. The minimum atomic E-state index is -0.905. The van der Waals surface area contributed by atoms with E-state index in [9.17, 15) is 19.2 Å². The van der Waals surface area contributed by atoms with Crippen molar-refractivity contribution in [3.8, 4) is 5.75 Å². The Morgan fingerprint density at radius 2 is 1.56 bits per heavy atom. The van der Waals surface area contributed by atoms with Gasteiger partial charge in [-0.05, 0) is 64.8 Å². The fourth-order valence-electron chi connectivity index (χ4n) is 3.27. The smallest absolute Gasteiger partial charge is 0.329 e. The number of nitrogens with one attached hydrogen (secondary N) is 2. The summed E-state index contributed by atoms with van der Waals surface area (Å²) < 4.78 is 26.9. The van der Waals surface area contributed by atoms with Gasteiger partial charge in [0, 0.05) is 5.56 Å². The van der Waals surface area contributed by atoms with Crippen LogP contribution in [0.1, 0.15) is 56.8 Å². The molecule has 0 fully saturated rings. The molecule has 0 aliphatic rings. The van der Waals surface area contributed by atoms with Crippen molar-refractivity contribution in [2.75, 3.05) is 59.3 Å². The zero-order valence-electron chi connectivity index (χ0n) is 24.3. The second kappa shape index (κ2) is 20.6. The first-order chi connectivity index (χ1) is 19.5. The Morgan fingerprint density at radius 1 is 0.927 bits per heavy atom. The lowest BCUT2D eigenvalue weighted by atomic mass is 10.1. The van der Waals surface area contributed by atoms with Gasteiger partial charge in [0.1, 0.15) is 24.0 Å². The number of carboxylic acids is 1. The maximum Gasteiger partial charge on any atom is 0.329 e. The average molecular weight is 584 g/mol. The Bertz CT molecular complexity index is 936. The Morgan fingerprint density at radius 3 is 2.17 bits per heavy atom. The summed E-state index contributed by atoms with van der Waals surface area (Å²) in [5, 5.41) is 13.7. The number of ether oxygens (including phenoxy) is 5. The van der Waals surface area contributed by atoms with Crippen LogP contribution in [-0.4, -0.2) is 99.8 Å². The SMILES string of the molecule is CC(C)(C)OC(=O)C(CCCCN)NC(=O)CNC(=O)c1cccc(OCCOCCOCCOCCC(=O)O)c1. The molecule has 1 unspecified atom stereocenters. The van der Waals surface area contributed by atoms with E-state index in [0.717, 1.165) is 0 Å². The van der Waals surface area contributed by atoms with Gasteiger partial charge < -0.3 is 45.2 Å². The lowest BCUT2D eigenvalue weighted by molar-refractivity contribution is -0.158. The molecule has 1 aromatic carbocycles. The third-order valence-electron chi connectivity index (χ3n) is 5.18. The molecule has 0 spiro atoms. The van der Waals surface area contributed by atoms with Crippen LogP contribution in [0.15, 0.2) is 24.3 Å². The van der Waals surface area contributed by atoms with Gasteiger partial charge in [-0.25, -0.2) is 4.79 Å². The molecular weight excluding hydrogens is 538 g/mol. The van der Waals surface area contributed by atoms with Gasteiger partial charge in [0.05, 0.1) is 52.6 Å². The highest BCUT2D eigenvalue weighted by Gasteiger charge is 2.26. The van der Waals surface area contributed by atoms with E-state index in [1.165, 1.54) is 0 Å². The van der Waals surface area contributed by atoms with Crippen LogP contribution in [0.25, 0.3) is 0 Å². The first-order valence-electron chi connectivity index (χ1n) is 13.7. The topological polar surface area (TPSA) is 185 Å². The molecule has 1 atom stereocenters. The van der Waals surface area contributed by atoms with Crippen LogP contribution in [0, 0.1) is 0 Å². The minimum absolute atomic E-state index is 0.0398. The molecular formula is C28H45N3O10. The van der Waals surface area contributed by atoms with Gasteiger partial charge >= 0.3 is 11.9 Å². The zero-order valence-corrected chi connectivity index (χ0v) is 24.3. The number of hydrogen-bond donors (Lipinski definition) is 4. The summed E-state index contributed by atoms with van der Waals surface area (Å²) in [7, 11) is 0. The summed E-state index contributed by atoms with van der Waals surface area (Å²) >= 11 is 0. The first kappa shape index (κ1) is 35.8. The quantitative estimate of drug-likeness (QED) is 0.114. The second-order valence-electron chi connectivity index (χ2n) is 9.98. The molecule has 0 aromatic heterocycles. The average Bonchev–Trinajstić information content (AvgIpc) is 2.91. The Kier molecular flexibility index (Phi) is 18.0. The number of carbonyl (C=O) groups is 4. The molecule has 232 valence electrons. The van der Waals surface area contributed by atoms with E-state index in [1.807, 2.05) is 0 Å². The van der Waals surface area contributed by atoms with Crippen LogP contribution in [0.5, 0.6) is 5.75 Å². The minimum Gasteiger partial charge on any atom is -0.491 e. The third-order valence-corrected chi connectivity index (χ3v) is 5.18. The molecule has 1 rings (SSSR count). The molecule has 1 aromatic rings. The molecule has 0 saturated heterocycles. The van der Waals surface area contributed by atoms with E-state index in [-0.39, 0.29) is 26.2 Å². The van der Waals surface area contributed by atoms with Gasteiger partial charge in [-0.3, -0.25) is 14.4 Å². The van der Waals surface area contributed by atoms with Crippen molar-refractivity contribution in [1.82, 2.24) is 10.6 Å². The van der Waals surface area contributed by atoms with Crippen LogP contribution >= 0.6 is 0 Å². The van der Waals surface area contributed by atoms with Gasteiger partial charge in [0.25, 0.3) is 5.91 Å². The zero-order chi connectivity index (χ0) is 30.5. The Hall–Kier alpha value is -3.26. The first-order valence-corrected chi connectivity index (χ1v) is 13.7. The lowest BCUT2D eigenvalue weighted by Gasteiger charge is -2.24. The number of benzene rings is 1. The monoisotopic (exact) mass is 583 g/mol. The Balaban J connectivity index is 2.35. The molecule has 41 heavy (non-hydrogen) atoms. The summed E-state index contributed by atoms with van der Waals surface area (Å²) in [4.78, 5) is 47.9. The van der Waals surface area contributed by atoms with E-state index in [0.29, 0.717) is 70.2 Å². The van der Waals surface area contributed by atoms with Crippen molar-refractivity contribution in [3.63, 3.8) is 0 Å². The number of carboxylic acid groups (broad SMARTS) is 1. The lowest BCUT2D eigenvalue weighted by Crippen LogP contribution is -2.47. The van der Waals surface area contributed by atoms with E-state index >= 15 is 0 Å². The molecule has 13 heteroatoms. The Labute approximate surface area is 241 Å². The van der Waals surface area contributed by atoms with E-state index in [4.69, 9.17) is 34.5 Å². The number of amides is 2. The van der Waals surface area contributed by atoms with Crippen molar-refractivity contribution >= 4 is 23.8 Å². The van der Waals surface area contributed by atoms with Gasteiger partial charge in [0.2, 0.25) is 5.91 Å². The predicted octanol–water partition coefficient (Wildman–Crippen LogP) is 1.28. The highest BCUT2D eigenvalue weighted by Crippen LogP contribution is 2.14. The maximum atomic E-state index is 12.6. The largest absolute Gasteiger partial charge is 0.491 e. The summed E-state index contributed by atoms with van der Waals surface area (Å²) in [5.41, 5.74) is 5.14. The van der Waals surface area contributed by atoms with Gasteiger partial charge in [-0.1, -0.05) is 6.07 Å². The van der Waals surface area contributed by atoms with Crippen LogP contribution in [0.2, 0.25) is 0 Å². The fraction of sp³-hybridized carbons (Fsp3) is 0.643. The number of carbonyl (C=O) groups excluding carboxylic acids is 3. The van der Waals surface area contributed by atoms with E-state index < -0.39 is 35.4 Å². The standard InChI is InChI=1S/C28H45N3O10/c1-28(2,3)41-27(36)23(9-4-5-11-29)31-24(32)20-30-26(35)21-7-6-8-22(19-21)40-18-17-39-16-15-38-14-13-37-12-10-25(33)34/h6-8,19,23H,4-5,9-18,20,29H2,1-3H3,(H,30,35)(H,31,32)(H,33,34). The maximum absolute atomic E-state index is 12.6. The van der Waals surface area contributed by atoms with Gasteiger partial charge in [-0.2, -0.15) is 0 Å². The molecule has 0 bridgehead atoms. The number of unbranched alkanes of at least 4 members (excludes halogenated alkanes) is 1. The summed E-state index contributed by atoms with van der Waals surface area (Å²) in [6, 6.07) is 5.67. The number of nitrogens with two attached hydrogens (primary N) is 1. The fourth-order valence-corrected chi connectivity index (χ4v) is 3.27. The number of hydrogen-bond acceptors (Lipinski definition) is 10. The number of rotatable bonds is 22. The van der Waals surface area contributed by atoms with Crippen molar-refractivity contribution < 1.29 is 48.0 Å². The van der Waals surface area contributed by atoms with Gasteiger partial charge in [-0.15, -0.1) is 0 Å². The number of esters is 1. The normalized spacial score (nSPS) is 11.9. The molecule has 13 nitrogen and oxygen atoms in total. The predicted molar refractivity (Wildman–Crippen MR) is 150 cm³/mol. The molecule has 2 amide bonds.